The smallest absolute Gasteiger partial charge is 0.312 e. The van der Waals surface area contributed by atoms with Crippen molar-refractivity contribution in [2.24, 2.45) is 0 Å². The van der Waals surface area contributed by atoms with E-state index in [1.165, 1.54) is 0 Å². The molecule has 0 aliphatic rings. The topological polar surface area (TPSA) is 52.3 Å². The van der Waals surface area contributed by atoms with Gasteiger partial charge in [-0.2, -0.15) is 0 Å². The number of hydrogen-bond donors (Lipinski definition) is 0. The van der Waals surface area contributed by atoms with E-state index in [4.69, 9.17) is 9.15 Å². The van der Waals surface area contributed by atoms with Crippen LogP contribution in [-0.2, 0) is 16.0 Å². The fraction of sp³-hybridized carbons (Fsp3) is 0.176. The van der Waals surface area contributed by atoms with Gasteiger partial charge in [0.25, 0.3) is 0 Å². The van der Waals surface area contributed by atoms with E-state index in [2.05, 4.69) is 4.98 Å². The number of aromatic nitrogens is 1. The van der Waals surface area contributed by atoms with Crippen LogP contribution < -0.4 is 0 Å². The summed E-state index contributed by atoms with van der Waals surface area (Å²) < 4.78 is 10.9. The predicted octanol–water partition coefficient (Wildman–Crippen LogP) is 4.18. The molecule has 0 fully saturated rings. The van der Waals surface area contributed by atoms with Gasteiger partial charge in [0, 0.05) is 5.56 Å². The molecule has 3 aromatic rings. The lowest BCUT2D eigenvalue weighted by Gasteiger charge is -1.99. The summed E-state index contributed by atoms with van der Waals surface area (Å²) in [5.74, 6) is 0.860. The van der Waals surface area contributed by atoms with Crippen molar-refractivity contribution in [1.29, 1.82) is 0 Å². The van der Waals surface area contributed by atoms with E-state index in [1.54, 1.807) is 18.3 Å². The molecule has 0 aliphatic heterocycles. The van der Waals surface area contributed by atoms with Crippen LogP contribution in [0.5, 0.6) is 0 Å². The van der Waals surface area contributed by atoms with Gasteiger partial charge in [0.15, 0.2) is 5.76 Å². The fourth-order valence-corrected chi connectivity index (χ4v) is 2.85. The van der Waals surface area contributed by atoms with Crippen LogP contribution in [0.1, 0.15) is 12.6 Å². The van der Waals surface area contributed by atoms with Gasteiger partial charge >= 0.3 is 5.97 Å². The van der Waals surface area contributed by atoms with Gasteiger partial charge in [-0.25, -0.2) is 4.98 Å². The normalized spacial score (nSPS) is 10.6. The molecule has 0 aliphatic carbocycles. The van der Waals surface area contributed by atoms with Crippen LogP contribution in [0.2, 0.25) is 0 Å². The average molecular weight is 313 g/mol. The molecule has 0 radical (unpaired) electrons. The van der Waals surface area contributed by atoms with E-state index in [9.17, 15) is 4.79 Å². The summed E-state index contributed by atoms with van der Waals surface area (Å²) in [6.45, 7) is 2.15. The molecule has 1 aromatic carbocycles. The molecule has 0 spiro atoms. The van der Waals surface area contributed by atoms with Crippen LogP contribution in [0.15, 0.2) is 52.3 Å². The minimum atomic E-state index is -0.298. The molecular formula is C17H15NO3S. The molecule has 0 N–H and O–H groups in total. The molecule has 112 valence electrons. The number of thiophene rings is 1. The predicted molar refractivity (Wildman–Crippen MR) is 85.6 cm³/mol. The first-order valence-corrected chi connectivity index (χ1v) is 7.90. The fourth-order valence-electron chi connectivity index (χ4n) is 2.12. The molecule has 0 bridgehead atoms. The van der Waals surface area contributed by atoms with Gasteiger partial charge < -0.3 is 9.15 Å². The quantitative estimate of drug-likeness (QED) is 0.663. The van der Waals surface area contributed by atoms with E-state index in [0.717, 1.165) is 10.4 Å². The second kappa shape index (κ2) is 6.58. The molecule has 2 aromatic heterocycles. The minimum Gasteiger partial charge on any atom is -0.466 e. The monoisotopic (exact) mass is 313 g/mol. The van der Waals surface area contributed by atoms with Crippen LogP contribution in [0, 0.1) is 0 Å². The molecule has 0 saturated carbocycles. The third kappa shape index (κ3) is 3.09. The van der Waals surface area contributed by atoms with Crippen molar-refractivity contribution >= 4 is 17.3 Å². The summed E-state index contributed by atoms with van der Waals surface area (Å²) in [4.78, 5) is 17.2. The second-order valence-corrected chi connectivity index (χ2v) is 5.57. The third-order valence-corrected chi connectivity index (χ3v) is 3.95. The van der Waals surface area contributed by atoms with E-state index in [1.807, 2.05) is 47.8 Å². The van der Waals surface area contributed by atoms with Gasteiger partial charge in [0.2, 0.25) is 5.89 Å². The Bertz CT molecular complexity index is 748. The Morgan fingerprint density at radius 1 is 1.23 bits per heavy atom. The number of hydrogen-bond acceptors (Lipinski definition) is 5. The van der Waals surface area contributed by atoms with Crippen molar-refractivity contribution in [1.82, 2.24) is 4.98 Å². The largest absolute Gasteiger partial charge is 0.466 e. The first-order chi connectivity index (χ1) is 10.8. The SMILES string of the molecule is CCOC(=O)Cc1nc(-c2ccccc2)oc1-c1cccs1. The Balaban J connectivity index is 1.99. The van der Waals surface area contributed by atoms with Gasteiger partial charge in [0.05, 0.1) is 23.6 Å². The zero-order valence-corrected chi connectivity index (χ0v) is 12.9. The van der Waals surface area contributed by atoms with Gasteiger partial charge in [-0.05, 0) is 30.5 Å². The maximum absolute atomic E-state index is 11.8. The van der Waals surface area contributed by atoms with Gasteiger partial charge in [0.1, 0.15) is 0 Å². The maximum Gasteiger partial charge on any atom is 0.312 e. The summed E-state index contributed by atoms with van der Waals surface area (Å²) >= 11 is 1.55. The number of esters is 1. The first-order valence-electron chi connectivity index (χ1n) is 7.02. The Kier molecular flexibility index (Phi) is 4.34. The first kappa shape index (κ1) is 14.5. The van der Waals surface area contributed by atoms with Crippen molar-refractivity contribution in [3.05, 3.63) is 53.5 Å². The second-order valence-electron chi connectivity index (χ2n) is 4.62. The van der Waals surface area contributed by atoms with Crippen molar-refractivity contribution in [3.63, 3.8) is 0 Å². The minimum absolute atomic E-state index is 0.109. The molecule has 0 amide bonds. The maximum atomic E-state index is 11.8. The molecule has 0 atom stereocenters. The molecule has 0 unspecified atom stereocenters. The summed E-state index contributed by atoms with van der Waals surface area (Å²) in [5.41, 5.74) is 1.50. The van der Waals surface area contributed by atoms with Gasteiger partial charge in [-0.3, -0.25) is 4.79 Å². The Hall–Kier alpha value is -2.40. The summed E-state index contributed by atoms with van der Waals surface area (Å²) in [6, 6.07) is 13.5. The summed E-state index contributed by atoms with van der Waals surface area (Å²) in [6.07, 6.45) is 0.109. The molecule has 5 heteroatoms. The van der Waals surface area contributed by atoms with Crippen LogP contribution in [0.3, 0.4) is 0 Å². The van der Waals surface area contributed by atoms with E-state index < -0.39 is 0 Å². The number of carbonyl (C=O) groups excluding carboxylic acids is 1. The van der Waals surface area contributed by atoms with Gasteiger partial charge in [-0.1, -0.05) is 24.3 Å². The number of oxazole rings is 1. The number of rotatable bonds is 5. The highest BCUT2D eigenvalue weighted by atomic mass is 32.1. The van der Waals surface area contributed by atoms with Crippen LogP contribution in [0.25, 0.3) is 22.1 Å². The highest BCUT2D eigenvalue weighted by molar-refractivity contribution is 7.13. The standard InChI is InChI=1S/C17H15NO3S/c1-2-20-15(19)11-13-16(14-9-6-10-22-14)21-17(18-13)12-7-4-3-5-8-12/h3-10H,2,11H2,1H3. The van der Waals surface area contributed by atoms with Crippen molar-refractivity contribution < 1.29 is 13.9 Å². The number of ether oxygens (including phenoxy) is 1. The Morgan fingerprint density at radius 2 is 2.05 bits per heavy atom. The highest BCUT2D eigenvalue weighted by Gasteiger charge is 2.19. The lowest BCUT2D eigenvalue weighted by atomic mass is 10.2. The van der Waals surface area contributed by atoms with Crippen molar-refractivity contribution in [2.75, 3.05) is 6.61 Å². The molecule has 3 rings (SSSR count). The van der Waals surface area contributed by atoms with Gasteiger partial charge in [-0.15, -0.1) is 11.3 Å². The zero-order chi connectivity index (χ0) is 15.4. The number of benzene rings is 1. The molecule has 4 nitrogen and oxygen atoms in total. The molecule has 2 heterocycles. The third-order valence-electron chi connectivity index (χ3n) is 3.08. The highest BCUT2D eigenvalue weighted by Crippen LogP contribution is 2.32. The summed E-state index contributed by atoms with van der Waals surface area (Å²) in [5, 5.41) is 1.97. The number of nitrogens with zero attached hydrogens (tertiary/aromatic N) is 1. The summed E-state index contributed by atoms with van der Waals surface area (Å²) in [7, 11) is 0. The van der Waals surface area contributed by atoms with Crippen LogP contribution in [0.4, 0.5) is 0 Å². The van der Waals surface area contributed by atoms with Crippen LogP contribution >= 0.6 is 11.3 Å². The lowest BCUT2D eigenvalue weighted by molar-refractivity contribution is -0.142. The van der Waals surface area contributed by atoms with Crippen molar-refractivity contribution in [2.45, 2.75) is 13.3 Å². The zero-order valence-electron chi connectivity index (χ0n) is 12.1. The van der Waals surface area contributed by atoms with Crippen molar-refractivity contribution in [3.8, 4) is 22.1 Å². The van der Waals surface area contributed by atoms with E-state index in [0.29, 0.717) is 24.0 Å². The molecule has 0 saturated heterocycles. The average Bonchev–Trinajstić information content (AvgIpc) is 3.17. The van der Waals surface area contributed by atoms with E-state index >= 15 is 0 Å². The van der Waals surface area contributed by atoms with Crippen LogP contribution in [-0.4, -0.2) is 17.6 Å². The van der Waals surface area contributed by atoms with E-state index in [-0.39, 0.29) is 12.4 Å². The number of carbonyl (C=O) groups is 1. The Labute approximate surface area is 132 Å². The lowest BCUT2D eigenvalue weighted by Crippen LogP contribution is -2.08. The Morgan fingerprint density at radius 3 is 2.73 bits per heavy atom. The molecular weight excluding hydrogens is 298 g/mol. The molecule has 22 heavy (non-hydrogen) atoms.